The van der Waals surface area contributed by atoms with Crippen molar-refractivity contribution in [1.82, 2.24) is 5.16 Å². The van der Waals surface area contributed by atoms with Crippen LogP contribution < -0.4 is 5.32 Å². The van der Waals surface area contributed by atoms with Gasteiger partial charge in [-0.25, -0.2) is 4.79 Å². The van der Waals surface area contributed by atoms with Gasteiger partial charge in [0.25, 0.3) is 5.91 Å². The quantitative estimate of drug-likeness (QED) is 0.901. The molecule has 1 aromatic carbocycles. The fourth-order valence-corrected chi connectivity index (χ4v) is 2.03. The lowest BCUT2D eigenvalue weighted by Gasteiger charge is -2.07. The summed E-state index contributed by atoms with van der Waals surface area (Å²) in [6, 6.07) is 6.22. The van der Waals surface area contributed by atoms with Crippen molar-refractivity contribution in [2.24, 2.45) is 0 Å². The van der Waals surface area contributed by atoms with Crippen molar-refractivity contribution in [3.05, 3.63) is 46.8 Å². The summed E-state index contributed by atoms with van der Waals surface area (Å²) in [6.07, 6.45) is 2.13. The van der Waals surface area contributed by atoms with Crippen molar-refractivity contribution < 1.29 is 19.2 Å². The highest BCUT2D eigenvalue weighted by molar-refractivity contribution is 6.04. The van der Waals surface area contributed by atoms with E-state index in [2.05, 4.69) is 10.5 Å². The Morgan fingerprint density at radius 3 is 2.76 bits per heavy atom. The number of hydrogen-bond donors (Lipinski definition) is 2. The number of amides is 1. The number of aromatic carboxylic acids is 1. The Morgan fingerprint density at radius 2 is 2.10 bits per heavy atom. The number of carbonyl (C=O) groups excluding carboxylic acids is 1. The monoisotopic (exact) mass is 286 g/mol. The molecular weight excluding hydrogens is 272 g/mol. The Bertz CT molecular complexity index is 716. The number of nitrogens with one attached hydrogen (secondary N) is 1. The van der Waals surface area contributed by atoms with Gasteiger partial charge in [-0.05, 0) is 37.5 Å². The van der Waals surface area contributed by atoms with E-state index in [1.165, 1.54) is 12.1 Å². The van der Waals surface area contributed by atoms with Gasteiger partial charge in [-0.2, -0.15) is 0 Å². The number of aryl methyl sites for hydroxylation is 1. The molecule has 6 heteroatoms. The molecule has 6 nitrogen and oxygen atoms in total. The fourth-order valence-electron chi connectivity index (χ4n) is 2.03. The van der Waals surface area contributed by atoms with Gasteiger partial charge in [0, 0.05) is 17.7 Å². The molecule has 0 atom stereocenters. The fraction of sp³-hybridized carbons (Fsp3) is 0.267. The highest BCUT2D eigenvalue weighted by Gasteiger charge is 2.29. The number of carbonyl (C=O) groups is 2. The largest absolute Gasteiger partial charge is 0.478 e. The molecule has 2 aromatic rings. The van der Waals surface area contributed by atoms with Crippen LogP contribution in [-0.2, 0) is 0 Å². The van der Waals surface area contributed by atoms with Crippen LogP contribution in [0.5, 0.6) is 0 Å². The molecule has 2 N–H and O–H groups in total. The zero-order chi connectivity index (χ0) is 15.0. The molecule has 1 saturated carbocycles. The first-order chi connectivity index (χ1) is 10.0. The number of aromatic nitrogens is 1. The van der Waals surface area contributed by atoms with E-state index in [4.69, 9.17) is 9.63 Å². The number of carboxylic acid groups (broad SMARTS) is 1. The van der Waals surface area contributed by atoms with Crippen LogP contribution in [0.15, 0.2) is 28.8 Å². The second kappa shape index (κ2) is 5.05. The van der Waals surface area contributed by atoms with Gasteiger partial charge < -0.3 is 14.9 Å². The third-order valence-corrected chi connectivity index (χ3v) is 3.47. The first-order valence-electron chi connectivity index (χ1n) is 6.66. The Morgan fingerprint density at radius 1 is 1.33 bits per heavy atom. The zero-order valence-corrected chi connectivity index (χ0v) is 11.4. The van der Waals surface area contributed by atoms with Crippen molar-refractivity contribution >= 4 is 17.6 Å². The van der Waals surface area contributed by atoms with E-state index < -0.39 is 11.9 Å². The molecule has 1 aromatic heterocycles. The van der Waals surface area contributed by atoms with Crippen LogP contribution in [0.25, 0.3) is 0 Å². The second-order valence-electron chi connectivity index (χ2n) is 5.18. The van der Waals surface area contributed by atoms with Crippen LogP contribution in [0.1, 0.15) is 50.9 Å². The van der Waals surface area contributed by atoms with Gasteiger partial charge >= 0.3 is 5.97 Å². The van der Waals surface area contributed by atoms with Crippen molar-refractivity contribution in [2.45, 2.75) is 25.7 Å². The number of benzene rings is 1. The van der Waals surface area contributed by atoms with E-state index in [0.29, 0.717) is 11.6 Å². The molecule has 0 radical (unpaired) electrons. The number of anilines is 1. The molecule has 1 fully saturated rings. The van der Waals surface area contributed by atoms with Gasteiger partial charge in [0.2, 0.25) is 0 Å². The first kappa shape index (κ1) is 13.4. The van der Waals surface area contributed by atoms with E-state index in [1.54, 1.807) is 19.1 Å². The second-order valence-corrected chi connectivity index (χ2v) is 5.18. The summed E-state index contributed by atoms with van der Waals surface area (Å²) < 4.78 is 5.13. The van der Waals surface area contributed by atoms with E-state index in [0.717, 1.165) is 24.2 Å². The smallest absolute Gasteiger partial charge is 0.335 e. The summed E-state index contributed by atoms with van der Waals surface area (Å²) in [5, 5.41) is 15.4. The Labute approximate surface area is 120 Å². The summed E-state index contributed by atoms with van der Waals surface area (Å²) >= 11 is 0. The Hall–Kier alpha value is -2.63. The maximum Gasteiger partial charge on any atom is 0.335 e. The van der Waals surface area contributed by atoms with Crippen molar-refractivity contribution in [2.75, 3.05) is 5.32 Å². The van der Waals surface area contributed by atoms with Crippen molar-refractivity contribution in [3.63, 3.8) is 0 Å². The average Bonchev–Trinajstić information content (AvgIpc) is 3.18. The normalized spacial score (nSPS) is 14.0. The SMILES string of the molecule is Cc1ccc(C(=O)O)cc1NC(=O)c1cc(C2CC2)on1. The van der Waals surface area contributed by atoms with Crippen LogP contribution in [0, 0.1) is 6.92 Å². The molecule has 1 heterocycles. The van der Waals surface area contributed by atoms with Gasteiger partial charge in [-0.15, -0.1) is 0 Å². The zero-order valence-electron chi connectivity index (χ0n) is 11.4. The molecule has 0 spiro atoms. The van der Waals surface area contributed by atoms with Gasteiger partial charge in [0.15, 0.2) is 5.69 Å². The summed E-state index contributed by atoms with van der Waals surface area (Å²) in [6.45, 7) is 1.79. The summed E-state index contributed by atoms with van der Waals surface area (Å²) in [4.78, 5) is 23.1. The number of carboxylic acids is 1. The molecule has 1 amide bonds. The molecule has 3 rings (SSSR count). The van der Waals surface area contributed by atoms with E-state index in [1.807, 2.05) is 0 Å². The molecular formula is C15H14N2O4. The number of nitrogens with zero attached hydrogens (tertiary/aromatic N) is 1. The molecule has 0 aliphatic heterocycles. The highest BCUT2D eigenvalue weighted by atomic mass is 16.5. The van der Waals surface area contributed by atoms with Crippen LogP contribution in [-0.4, -0.2) is 22.1 Å². The molecule has 21 heavy (non-hydrogen) atoms. The number of hydrogen-bond acceptors (Lipinski definition) is 4. The third kappa shape index (κ3) is 2.79. The maximum atomic E-state index is 12.1. The molecule has 0 unspecified atom stereocenters. The van der Waals surface area contributed by atoms with Gasteiger partial charge in [0.05, 0.1) is 5.56 Å². The lowest BCUT2D eigenvalue weighted by Crippen LogP contribution is -2.13. The Balaban J connectivity index is 1.79. The molecule has 108 valence electrons. The maximum absolute atomic E-state index is 12.1. The minimum Gasteiger partial charge on any atom is -0.478 e. The van der Waals surface area contributed by atoms with Gasteiger partial charge in [-0.1, -0.05) is 11.2 Å². The van der Waals surface area contributed by atoms with E-state index >= 15 is 0 Å². The van der Waals surface area contributed by atoms with Crippen LogP contribution in [0.4, 0.5) is 5.69 Å². The average molecular weight is 286 g/mol. The van der Waals surface area contributed by atoms with E-state index in [-0.39, 0.29) is 11.3 Å². The molecule has 0 bridgehead atoms. The minimum absolute atomic E-state index is 0.120. The van der Waals surface area contributed by atoms with Crippen molar-refractivity contribution in [3.8, 4) is 0 Å². The molecule has 0 saturated heterocycles. The third-order valence-electron chi connectivity index (χ3n) is 3.47. The summed E-state index contributed by atoms with van der Waals surface area (Å²) in [5.74, 6) is -0.327. The first-order valence-corrected chi connectivity index (χ1v) is 6.66. The molecule has 1 aliphatic carbocycles. The summed E-state index contributed by atoms with van der Waals surface area (Å²) in [7, 11) is 0. The standard InChI is InChI=1S/C15H14N2O4/c1-8-2-3-10(15(19)20)6-11(8)16-14(18)12-7-13(21-17-12)9-4-5-9/h2-3,6-7,9H,4-5H2,1H3,(H,16,18)(H,19,20). The minimum atomic E-state index is -1.04. The Kier molecular flexibility index (Phi) is 3.21. The van der Waals surface area contributed by atoms with E-state index in [9.17, 15) is 9.59 Å². The van der Waals surface area contributed by atoms with Gasteiger partial charge in [-0.3, -0.25) is 4.79 Å². The van der Waals surface area contributed by atoms with Crippen LogP contribution >= 0.6 is 0 Å². The highest BCUT2D eigenvalue weighted by Crippen LogP contribution is 2.40. The lowest BCUT2D eigenvalue weighted by molar-refractivity contribution is 0.0696. The van der Waals surface area contributed by atoms with Crippen molar-refractivity contribution in [1.29, 1.82) is 0 Å². The number of rotatable bonds is 4. The van der Waals surface area contributed by atoms with Gasteiger partial charge in [0.1, 0.15) is 5.76 Å². The predicted molar refractivity (Wildman–Crippen MR) is 74.6 cm³/mol. The summed E-state index contributed by atoms with van der Waals surface area (Å²) in [5.41, 5.74) is 1.56. The molecule has 1 aliphatic rings. The van der Waals surface area contributed by atoms with Crippen LogP contribution in [0.2, 0.25) is 0 Å². The van der Waals surface area contributed by atoms with Crippen LogP contribution in [0.3, 0.4) is 0 Å². The predicted octanol–water partition coefficient (Wildman–Crippen LogP) is 2.81. The lowest BCUT2D eigenvalue weighted by atomic mass is 10.1. The topological polar surface area (TPSA) is 92.4 Å².